The fraction of sp³-hybridized carbons (Fsp3) is 0.613. The molecular formula is C62H88N12O17. The number of amides is 10. The van der Waals surface area contributed by atoms with E-state index in [9.17, 15) is 72.5 Å². The molecule has 0 saturated carbocycles. The van der Waals surface area contributed by atoms with Gasteiger partial charge in [0.1, 0.15) is 65.6 Å². The number of esters is 1. The van der Waals surface area contributed by atoms with Crippen molar-refractivity contribution in [2.75, 3.05) is 60.1 Å². The maximum atomic E-state index is 15.0. The average Bonchev–Trinajstić information content (AvgIpc) is 1.77. The molecule has 10 atom stereocenters. The third kappa shape index (κ3) is 15.0. The van der Waals surface area contributed by atoms with Gasteiger partial charge in [-0.1, -0.05) is 61.5 Å². The molecule has 29 heteroatoms. The van der Waals surface area contributed by atoms with Crippen molar-refractivity contribution in [2.45, 2.75) is 169 Å². The topological polar surface area (TPSA) is 391 Å². The number of carboxylic acid groups (broad SMARTS) is 1. The molecule has 10 amide bonds. The lowest BCUT2D eigenvalue weighted by Crippen LogP contribution is -2.61. The molecule has 1 aromatic rings. The molecule has 91 heavy (non-hydrogen) atoms. The molecule has 1 aromatic carbocycles. The number of likely N-dealkylation sites (N-methyl/N-ethyl adjacent to an activating group) is 4. The molecule has 498 valence electrons. The van der Waals surface area contributed by atoms with Crippen molar-refractivity contribution in [3.63, 3.8) is 0 Å². The van der Waals surface area contributed by atoms with Crippen LogP contribution in [-0.4, -0.2) is 231 Å². The number of aliphatic hydroxyl groups excluding tert-OH is 1. The molecule has 5 aliphatic rings. The van der Waals surface area contributed by atoms with Crippen LogP contribution in [0.2, 0.25) is 0 Å². The summed E-state index contributed by atoms with van der Waals surface area (Å²) in [4.78, 5) is 194. The first-order valence-electron chi connectivity index (χ1n) is 30.6. The first-order chi connectivity index (χ1) is 42.4. The van der Waals surface area contributed by atoms with Crippen LogP contribution in [0.1, 0.15) is 127 Å². The number of hydrogen-bond donors (Lipinski definition) is 7. The number of carbonyl (C=O) groups is 12. The molecule has 1 aliphatic carbocycles. The Morgan fingerprint density at radius 3 is 2.05 bits per heavy atom. The molecule has 3 saturated heterocycles. The number of aliphatic hydroxyl groups is 1. The summed E-state index contributed by atoms with van der Waals surface area (Å²) >= 11 is 0. The molecule has 0 bridgehead atoms. The Hall–Kier alpha value is -8.76. The zero-order valence-electron chi connectivity index (χ0n) is 54.6. The van der Waals surface area contributed by atoms with Crippen molar-refractivity contribution in [1.82, 2.24) is 55.7 Å². The Morgan fingerprint density at radius 1 is 0.835 bits per heavy atom. The fourth-order valence-corrected chi connectivity index (χ4v) is 12.0. The Bertz CT molecular complexity index is 3400. The normalized spacial score (nSPS) is 21.8. The molecule has 10 unspecified atom stereocenters. The van der Waals surface area contributed by atoms with Crippen LogP contribution in [0.25, 0.3) is 22.6 Å². The van der Waals surface area contributed by atoms with Gasteiger partial charge in [0.25, 0.3) is 11.8 Å². The fourth-order valence-electron chi connectivity index (χ4n) is 12.0. The summed E-state index contributed by atoms with van der Waals surface area (Å²) in [5, 5.41) is 31.3. The molecular weight excluding hydrogens is 1180 g/mol. The lowest BCUT2D eigenvalue weighted by Gasteiger charge is -2.36. The van der Waals surface area contributed by atoms with E-state index in [-0.39, 0.29) is 53.9 Å². The molecule has 0 aromatic heterocycles. The predicted octanol–water partition coefficient (Wildman–Crippen LogP) is 0.246. The van der Waals surface area contributed by atoms with Crippen molar-refractivity contribution in [3.05, 3.63) is 44.6 Å². The smallest absolute Gasteiger partial charge is 0.329 e. The number of cyclic esters (lactones) is 1. The molecule has 6 rings (SSSR count). The second-order valence-corrected chi connectivity index (χ2v) is 25.5. The summed E-state index contributed by atoms with van der Waals surface area (Å²) in [6, 6.07) is -7.91. The quantitative estimate of drug-likeness (QED) is 0.0541. The highest BCUT2D eigenvalue weighted by molar-refractivity contribution is 6.10. The number of carboxylic acids is 1. The van der Waals surface area contributed by atoms with Gasteiger partial charge in [-0.15, -0.1) is 0 Å². The second-order valence-electron chi connectivity index (χ2n) is 25.5. The largest absolute Gasteiger partial charge is 0.480 e. The minimum absolute atomic E-state index is 0.0742. The number of aromatic nitrogens is 1. The standard InChI is InChI=1S/C62H88N12O17/c1-27(2)42(59(85)73-23-17-19-36(73)57(83)69(13)25-38(76)71(15)48(29(5)6)61(87)88)65-55(81)44(33(11)75)67-54(80)40-41(63)50(78)32(10)52-47(40)64-46-35(22-21-31(9)51(46)91-52)53(79)68-45-34(12)90-62(89)49(30(7)8)72(16)39(77)26-70(14)58(84)37-20-18-24-74(37)60(86)43(28(3)4)66-56(45)82/h21-22,27-30,33-34,36-37,42-45,48-49,75H,17-20,23-26,63H2,1-16H3,(H,65,81)(H,66,82)(H,67,80)(H,68,79)(H,87,88). The van der Waals surface area contributed by atoms with E-state index in [0.29, 0.717) is 18.4 Å². The van der Waals surface area contributed by atoms with Crippen LogP contribution in [0, 0.1) is 37.5 Å². The number of aryl methyl sites for hydroxylation is 1. The number of likely N-dealkylation sites (tertiary alicyclic amines) is 1. The third-order valence-electron chi connectivity index (χ3n) is 17.2. The van der Waals surface area contributed by atoms with Crippen LogP contribution in [0.4, 0.5) is 5.69 Å². The maximum absolute atomic E-state index is 15.0. The number of nitrogens with zero attached hydrogens (tertiary/aromatic N) is 7. The number of nitrogen functional groups attached to an aromatic ring is 1. The van der Waals surface area contributed by atoms with Crippen molar-refractivity contribution in [2.24, 2.45) is 23.7 Å². The van der Waals surface area contributed by atoms with Crippen LogP contribution in [-0.2, 0) is 52.7 Å². The first-order valence-corrected chi connectivity index (χ1v) is 30.6. The second kappa shape index (κ2) is 29.0. The van der Waals surface area contributed by atoms with Gasteiger partial charge in [-0.3, -0.25) is 52.7 Å². The number of hydrogen-bond acceptors (Lipinski definition) is 18. The summed E-state index contributed by atoms with van der Waals surface area (Å²) < 4.78 is 12.3. The van der Waals surface area contributed by atoms with Crippen LogP contribution in [0.5, 0.6) is 0 Å². The van der Waals surface area contributed by atoms with Gasteiger partial charge in [0.2, 0.25) is 52.7 Å². The van der Waals surface area contributed by atoms with Gasteiger partial charge in [-0.2, -0.15) is 0 Å². The Balaban J connectivity index is 1.34. The number of nitrogens with two attached hydrogens (primary N) is 1. The van der Waals surface area contributed by atoms with E-state index in [4.69, 9.17) is 19.9 Å². The molecule has 4 aliphatic heterocycles. The number of aliphatic carboxylic acids is 1. The van der Waals surface area contributed by atoms with E-state index in [1.54, 1.807) is 62.3 Å². The minimum atomic E-state index is -1.86. The van der Waals surface area contributed by atoms with Gasteiger partial charge < -0.3 is 75.8 Å². The molecule has 0 radical (unpaired) electrons. The van der Waals surface area contributed by atoms with E-state index in [0.717, 1.165) is 14.7 Å². The SMILES string of the molecule is Cc1c2oc3c(C)ccc(C(=O)NC4C(=O)NC(C(C)C)C(=O)N5CCCC5C(=O)N(C)CC(=O)N(C)C(C(C)C)C(=O)OC4C)c3nc-2c(C(=O)NC(C(=O)NC(C(=O)N2CCCC2C(=O)N(C)CC(=O)N(C)C(C(=O)O)C(C)C)C(C)C)C(C)O)c(N)c1=O. The monoisotopic (exact) mass is 1270 g/mol. The molecule has 29 nitrogen and oxygen atoms in total. The number of anilines is 1. The summed E-state index contributed by atoms with van der Waals surface area (Å²) in [6.07, 6.45) is -1.89. The van der Waals surface area contributed by atoms with E-state index < -0.39 is 191 Å². The highest BCUT2D eigenvalue weighted by atomic mass is 16.5. The Labute approximate surface area is 527 Å². The van der Waals surface area contributed by atoms with Gasteiger partial charge in [0, 0.05) is 46.8 Å². The first kappa shape index (κ1) is 71.3. The molecule has 0 spiro atoms. The lowest BCUT2D eigenvalue weighted by molar-refractivity contribution is -0.163. The van der Waals surface area contributed by atoms with Gasteiger partial charge in [-0.25, -0.2) is 14.6 Å². The summed E-state index contributed by atoms with van der Waals surface area (Å²) in [6.45, 7) is 18.0. The maximum Gasteiger partial charge on any atom is 0.329 e. The molecule has 8 N–H and O–H groups in total. The van der Waals surface area contributed by atoms with Crippen LogP contribution >= 0.6 is 0 Å². The zero-order chi connectivity index (χ0) is 68.3. The highest BCUT2D eigenvalue weighted by Crippen LogP contribution is 2.35. The van der Waals surface area contributed by atoms with Crippen molar-refractivity contribution >= 4 is 87.8 Å². The summed E-state index contributed by atoms with van der Waals surface area (Å²) in [5.41, 5.74) is 3.49. The Morgan fingerprint density at radius 2 is 1.47 bits per heavy atom. The van der Waals surface area contributed by atoms with E-state index in [2.05, 4.69) is 21.3 Å². The van der Waals surface area contributed by atoms with E-state index in [1.807, 2.05) is 0 Å². The number of ether oxygens (including phenoxy) is 1. The number of carbonyl (C=O) groups excluding carboxylic acids is 11. The number of nitrogens with one attached hydrogen (secondary N) is 4. The lowest BCUT2D eigenvalue weighted by atomic mass is 9.98. The van der Waals surface area contributed by atoms with Gasteiger partial charge >= 0.3 is 11.9 Å². The van der Waals surface area contributed by atoms with Crippen molar-refractivity contribution in [1.29, 1.82) is 0 Å². The van der Waals surface area contributed by atoms with Crippen LogP contribution in [0.15, 0.2) is 21.3 Å². The number of rotatable bonds is 17. The summed E-state index contributed by atoms with van der Waals surface area (Å²) in [7, 11) is 5.47. The van der Waals surface area contributed by atoms with Crippen LogP contribution in [0.3, 0.4) is 0 Å². The minimum Gasteiger partial charge on any atom is -0.480 e. The van der Waals surface area contributed by atoms with Gasteiger partial charge in [0.05, 0.1) is 36.0 Å². The summed E-state index contributed by atoms with van der Waals surface area (Å²) in [5.74, 6) is -12.7. The van der Waals surface area contributed by atoms with Gasteiger partial charge in [0.15, 0.2) is 11.3 Å². The number of benzene rings is 2. The highest BCUT2D eigenvalue weighted by Gasteiger charge is 2.46. The van der Waals surface area contributed by atoms with E-state index >= 15 is 0 Å². The van der Waals surface area contributed by atoms with Crippen molar-refractivity contribution < 1.29 is 76.9 Å². The van der Waals surface area contributed by atoms with Crippen molar-refractivity contribution in [3.8, 4) is 11.5 Å². The molecule has 3 fully saturated rings. The van der Waals surface area contributed by atoms with Gasteiger partial charge in [-0.05, 0) is 88.7 Å². The third-order valence-corrected chi connectivity index (χ3v) is 17.2. The zero-order valence-corrected chi connectivity index (χ0v) is 54.6. The van der Waals surface area contributed by atoms with E-state index in [1.165, 1.54) is 75.8 Å². The Kier molecular flexibility index (Phi) is 22.7. The average molecular weight is 1270 g/mol. The number of fused-ring (bicyclic) bond motifs is 3. The predicted molar refractivity (Wildman–Crippen MR) is 329 cm³/mol. The molecule has 4 heterocycles. The van der Waals surface area contributed by atoms with Crippen LogP contribution < -0.4 is 32.4 Å².